The molecule has 0 N–H and O–H groups in total. The van der Waals surface area contributed by atoms with Gasteiger partial charge in [0.15, 0.2) is 0 Å². The van der Waals surface area contributed by atoms with Crippen LogP contribution >= 0.6 is 0 Å². The molecule has 0 aromatic heterocycles. The second-order valence-corrected chi connectivity index (χ2v) is 11.8. The summed E-state index contributed by atoms with van der Waals surface area (Å²) < 4.78 is 0. The maximum Gasteiger partial charge on any atom is -0.0194 e. The summed E-state index contributed by atoms with van der Waals surface area (Å²) in [6.07, 6.45) is 27.8. The molecule has 8 rings (SSSR count). The van der Waals surface area contributed by atoms with Crippen molar-refractivity contribution < 1.29 is 0 Å². The maximum absolute atomic E-state index is 4.02. The first kappa shape index (κ1) is 29.5. The molecular formula is C36H60. The first-order valence-electron chi connectivity index (χ1n) is 16.5. The Hall–Kier alpha value is -1.04. The molecule has 0 nitrogen and oxygen atoms in total. The summed E-state index contributed by atoms with van der Waals surface area (Å²) in [5.41, 5.74) is 0. The van der Waals surface area contributed by atoms with E-state index in [1.165, 1.54) is 44.9 Å². The van der Waals surface area contributed by atoms with E-state index < -0.39 is 0 Å². The summed E-state index contributed by atoms with van der Waals surface area (Å²) in [5.74, 6) is 13.0. The van der Waals surface area contributed by atoms with Crippen LogP contribution in [0, 0.1) is 76.9 Å². The molecule has 13 atom stereocenters. The molecule has 0 spiro atoms. The van der Waals surface area contributed by atoms with E-state index in [0.29, 0.717) is 0 Å². The van der Waals surface area contributed by atoms with Crippen molar-refractivity contribution in [1.82, 2.24) is 0 Å². The van der Waals surface area contributed by atoms with Crippen LogP contribution in [0.15, 0.2) is 49.1 Å². The van der Waals surface area contributed by atoms with E-state index in [1.807, 2.05) is 55.4 Å². The minimum Gasteiger partial charge on any atom is -0.103 e. The van der Waals surface area contributed by atoms with Gasteiger partial charge in [-0.2, -0.15) is 0 Å². The number of rotatable bonds is 2. The summed E-state index contributed by atoms with van der Waals surface area (Å²) in [6.45, 7) is 20.0. The molecule has 8 aliphatic carbocycles. The Bertz CT molecular complexity index is 722. The SMILES string of the molecule is C1=CC2CC1CC2C1CC2C=CC1C2.C=CC1CC2CC1C1C3C=CC(C3)C21.CC.CC.CC.CC. The van der Waals surface area contributed by atoms with Gasteiger partial charge in [-0.25, -0.2) is 0 Å². The number of allylic oxidation sites excluding steroid dienone is 7. The van der Waals surface area contributed by atoms with Crippen LogP contribution in [0.3, 0.4) is 0 Å². The van der Waals surface area contributed by atoms with Crippen LogP contribution in [-0.4, -0.2) is 0 Å². The van der Waals surface area contributed by atoms with Gasteiger partial charge in [0.2, 0.25) is 0 Å². The number of hydrogen-bond donors (Lipinski definition) is 0. The lowest BCUT2D eigenvalue weighted by Gasteiger charge is -2.35. The Morgan fingerprint density at radius 1 is 0.472 bits per heavy atom. The highest BCUT2D eigenvalue weighted by atomic mass is 14.6. The van der Waals surface area contributed by atoms with Crippen LogP contribution < -0.4 is 0 Å². The second-order valence-electron chi connectivity index (χ2n) is 11.8. The van der Waals surface area contributed by atoms with Crippen LogP contribution in [-0.2, 0) is 0 Å². The van der Waals surface area contributed by atoms with Gasteiger partial charge >= 0.3 is 0 Å². The number of fused-ring (bicyclic) bond motifs is 13. The first-order chi connectivity index (χ1) is 17.8. The normalized spacial score (nSPS) is 47.3. The molecule has 0 saturated heterocycles. The molecule has 0 heteroatoms. The summed E-state index contributed by atoms with van der Waals surface area (Å²) >= 11 is 0. The van der Waals surface area contributed by atoms with Crippen molar-refractivity contribution >= 4 is 0 Å². The Morgan fingerprint density at radius 2 is 0.944 bits per heavy atom. The predicted molar refractivity (Wildman–Crippen MR) is 161 cm³/mol. The quantitative estimate of drug-likeness (QED) is 0.265. The van der Waals surface area contributed by atoms with Gasteiger partial charge in [0.25, 0.3) is 0 Å². The highest BCUT2D eigenvalue weighted by Crippen LogP contribution is 2.67. The molecule has 13 unspecified atom stereocenters. The average Bonchev–Trinajstić information content (AvgIpc) is 3.82. The van der Waals surface area contributed by atoms with Gasteiger partial charge < -0.3 is 0 Å². The highest BCUT2D eigenvalue weighted by Gasteiger charge is 2.60. The van der Waals surface area contributed by atoms with E-state index >= 15 is 0 Å². The third-order valence-electron chi connectivity index (χ3n) is 10.8. The van der Waals surface area contributed by atoms with E-state index in [-0.39, 0.29) is 0 Å². The van der Waals surface area contributed by atoms with Crippen molar-refractivity contribution in [3.63, 3.8) is 0 Å². The van der Waals surface area contributed by atoms with E-state index in [4.69, 9.17) is 0 Å². The molecule has 8 aliphatic rings. The van der Waals surface area contributed by atoms with Crippen molar-refractivity contribution in [2.24, 2.45) is 76.9 Å². The van der Waals surface area contributed by atoms with Crippen molar-refractivity contribution in [3.05, 3.63) is 49.1 Å². The Morgan fingerprint density at radius 3 is 1.36 bits per heavy atom. The van der Waals surface area contributed by atoms with E-state index in [0.717, 1.165) is 76.9 Å². The van der Waals surface area contributed by atoms with Crippen LogP contribution in [0.4, 0.5) is 0 Å². The van der Waals surface area contributed by atoms with E-state index in [2.05, 4.69) is 49.1 Å². The molecule has 36 heavy (non-hydrogen) atoms. The lowest BCUT2D eigenvalue weighted by molar-refractivity contribution is 0.173. The third-order valence-corrected chi connectivity index (χ3v) is 10.8. The minimum atomic E-state index is 0.869. The minimum absolute atomic E-state index is 0.869. The topological polar surface area (TPSA) is 0 Å². The first-order valence-corrected chi connectivity index (χ1v) is 16.5. The van der Waals surface area contributed by atoms with Gasteiger partial charge in [0.05, 0.1) is 0 Å². The summed E-state index contributed by atoms with van der Waals surface area (Å²) in [5, 5.41) is 0. The van der Waals surface area contributed by atoms with Gasteiger partial charge in [-0.3, -0.25) is 0 Å². The van der Waals surface area contributed by atoms with Crippen molar-refractivity contribution in [2.45, 2.75) is 100 Å². The summed E-state index contributed by atoms with van der Waals surface area (Å²) in [6, 6.07) is 0. The molecule has 0 aliphatic heterocycles. The van der Waals surface area contributed by atoms with Gasteiger partial charge in [0.1, 0.15) is 0 Å². The zero-order chi connectivity index (χ0) is 26.4. The summed E-state index contributed by atoms with van der Waals surface area (Å²) in [4.78, 5) is 0. The Labute approximate surface area is 226 Å². The van der Waals surface area contributed by atoms with E-state index in [9.17, 15) is 0 Å². The molecule has 0 aromatic carbocycles. The lowest BCUT2D eigenvalue weighted by Crippen LogP contribution is -2.30. The molecule has 0 amide bonds. The van der Waals surface area contributed by atoms with Crippen molar-refractivity contribution in [3.8, 4) is 0 Å². The van der Waals surface area contributed by atoms with Gasteiger partial charge in [0, 0.05) is 0 Å². The summed E-state index contributed by atoms with van der Waals surface area (Å²) in [7, 11) is 0. The highest BCUT2D eigenvalue weighted by molar-refractivity contribution is 5.22. The van der Waals surface area contributed by atoms with Crippen LogP contribution in [0.1, 0.15) is 100 Å². The molecule has 204 valence electrons. The van der Waals surface area contributed by atoms with Crippen LogP contribution in [0.25, 0.3) is 0 Å². The smallest absolute Gasteiger partial charge is 0.0194 e. The molecule has 8 bridgehead atoms. The third kappa shape index (κ3) is 5.27. The van der Waals surface area contributed by atoms with Crippen LogP contribution in [0.2, 0.25) is 0 Å². The number of hydrogen-bond acceptors (Lipinski definition) is 0. The monoisotopic (exact) mass is 492 g/mol. The molecule has 0 aromatic rings. The standard InChI is InChI=1S/2C14H18.4C2H6/c1-3-11-5-9(1)7-13(11)14-8-10-2-4-12(14)6-10;1-2-8-5-11-7-12(8)14-10-4-3-9(6-10)13(11)14;4*1-2/h1-4,9-14H,5-8H2;2-4,8-14H,1,5-7H2;4*1-2H3. The Balaban J connectivity index is 0.000000158. The molecule has 0 heterocycles. The molecular weight excluding hydrogens is 432 g/mol. The maximum atomic E-state index is 4.02. The fourth-order valence-corrected chi connectivity index (χ4v) is 9.97. The largest absolute Gasteiger partial charge is 0.103 e. The molecule has 0 radical (unpaired) electrons. The van der Waals surface area contributed by atoms with Crippen molar-refractivity contribution in [1.29, 1.82) is 0 Å². The second kappa shape index (κ2) is 13.7. The molecule has 5 saturated carbocycles. The van der Waals surface area contributed by atoms with Gasteiger partial charge in [-0.1, -0.05) is 97.9 Å². The predicted octanol–water partition coefficient (Wildman–Crippen LogP) is 10.8. The van der Waals surface area contributed by atoms with Crippen molar-refractivity contribution in [2.75, 3.05) is 0 Å². The van der Waals surface area contributed by atoms with Gasteiger partial charge in [-0.15, -0.1) is 6.58 Å². The zero-order valence-corrected chi connectivity index (χ0v) is 25.2. The average molecular weight is 493 g/mol. The lowest BCUT2D eigenvalue weighted by atomic mass is 9.69. The van der Waals surface area contributed by atoms with Gasteiger partial charge in [-0.05, 0) is 122 Å². The van der Waals surface area contributed by atoms with E-state index in [1.54, 1.807) is 0 Å². The Kier molecular flexibility index (Phi) is 11.2. The fraction of sp³-hybridized carbons (Fsp3) is 0.778. The molecule has 5 fully saturated rings. The zero-order valence-electron chi connectivity index (χ0n) is 25.2. The van der Waals surface area contributed by atoms with Crippen LogP contribution in [0.5, 0.6) is 0 Å². The fourth-order valence-electron chi connectivity index (χ4n) is 9.97.